The molecule has 0 aliphatic carbocycles. The van der Waals surface area contributed by atoms with E-state index in [0.29, 0.717) is 5.56 Å². The van der Waals surface area contributed by atoms with Gasteiger partial charge in [0.25, 0.3) is 5.91 Å². The van der Waals surface area contributed by atoms with Crippen LogP contribution in [0.5, 0.6) is 0 Å². The Balaban J connectivity index is 1.47. The number of hydrogen-bond donors (Lipinski definition) is 2. The second-order valence-corrected chi connectivity index (χ2v) is 8.54. The van der Waals surface area contributed by atoms with E-state index in [0.717, 1.165) is 18.9 Å². The highest BCUT2D eigenvalue weighted by atomic mass is 32.2. The predicted octanol–water partition coefficient (Wildman–Crippen LogP) is 2.17. The van der Waals surface area contributed by atoms with Crippen molar-refractivity contribution >= 4 is 21.7 Å². The lowest BCUT2D eigenvalue weighted by Gasteiger charge is -2.21. The normalized spacial score (nSPS) is 15.1. The fourth-order valence-electron chi connectivity index (χ4n) is 3.15. The number of hydrogen-bond acceptors (Lipinski definition) is 5. The Labute approximate surface area is 166 Å². The number of amides is 1. The highest BCUT2D eigenvalue weighted by molar-refractivity contribution is 7.89. The average molecular weight is 403 g/mol. The molecule has 1 aromatic heterocycles. The molecule has 3 rings (SSSR count). The molecule has 150 valence electrons. The molecular formula is C20H26N4O3S. The Bertz CT molecular complexity index is 862. The van der Waals surface area contributed by atoms with Gasteiger partial charge in [-0.2, -0.15) is 0 Å². The minimum Gasteiger partial charge on any atom is -0.357 e. The molecule has 1 aliphatic heterocycles. The maximum atomic E-state index is 12.2. The van der Waals surface area contributed by atoms with Crippen molar-refractivity contribution in [3.05, 3.63) is 54.2 Å². The maximum absolute atomic E-state index is 12.2. The van der Waals surface area contributed by atoms with Crippen LogP contribution in [0, 0.1) is 0 Å². The van der Waals surface area contributed by atoms with Crippen LogP contribution < -0.4 is 14.9 Å². The minimum absolute atomic E-state index is 0.113. The van der Waals surface area contributed by atoms with Crippen molar-refractivity contribution in [1.82, 2.24) is 15.0 Å². The van der Waals surface area contributed by atoms with Gasteiger partial charge in [-0.05, 0) is 37.1 Å². The standard InChI is InChI=1S/C20H26N4O3S/c25-20(21-12-13-23-28(26,27)18-8-4-3-5-9-18)17-10-11-19(22-16-17)24-14-6-1-2-7-15-24/h3-5,8-11,16,23H,1-2,6-7,12-15H2,(H,21,25). The Morgan fingerprint density at radius 1 is 0.964 bits per heavy atom. The van der Waals surface area contributed by atoms with Crippen molar-refractivity contribution in [3.8, 4) is 0 Å². The maximum Gasteiger partial charge on any atom is 0.252 e. The fraction of sp³-hybridized carbons (Fsp3) is 0.400. The summed E-state index contributed by atoms with van der Waals surface area (Å²) in [7, 11) is -3.56. The summed E-state index contributed by atoms with van der Waals surface area (Å²) in [5.74, 6) is 0.628. The molecule has 0 spiro atoms. The molecule has 2 N–H and O–H groups in total. The quantitative estimate of drug-likeness (QED) is 0.693. The Hall–Kier alpha value is -2.45. The summed E-state index contributed by atoms with van der Waals surface area (Å²) in [6.07, 6.45) is 6.42. The van der Waals surface area contributed by atoms with Gasteiger partial charge in [0.15, 0.2) is 0 Å². The zero-order chi connectivity index (χ0) is 19.8. The smallest absolute Gasteiger partial charge is 0.252 e. The van der Waals surface area contributed by atoms with Crippen molar-refractivity contribution in [2.75, 3.05) is 31.1 Å². The van der Waals surface area contributed by atoms with Crippen LogP contribution in [0.2, 0.25) is 0 Å². The van der Waals surface area contributed by atoms with Crippen LogP contribution in [-0.4, -0.2) is 45.5 Å². The van der Waals surface area contributed by atoms with E-state index in [1.54, 1.807) is 30.5 Å². The first-order valence-corrected chi connectivity index (χ1v) is 11.1. The second-order valence-electron chi connectivity index (χ2n) is 6.77. The summed E-state index contributed by atoms with van der Waals surface area (Å²) in [6.45, 7) is 2.31. The molecule has 1 aromatic carbocycles. The molecule has 0 atom stereocenters. The van der Waals surface area contributed by atoms with Crippen molar-refractivity contribution in [3.63, 3.8) is 0 Å². The third-order valence-electron chi connectivity index (χ3n) is 4.70. The fourth-order valence-corrected chi connectivity index (χ4v) is 4.21. The van der Waals surface area contributed by atoms with Gasteiger partial charge in [0.1, 0.15) is 5.82 Å². The molecule has 8 heteroatoms. The van der Waals surface area contributed by atoms with E-state index in [2.05, 4.69) is 19.9 Å². The van der Waals surface area contributed by atoms with Gasteiger partial charge in [0, 0.05) is 32.4 Å². The van der Waals surface area contributed by atoms with Gasteiger partial charge < -0.3 is 10.2 Å². The summed E-state index contributed by atoms with van der Waals surface area (Å²) in [5.41, 5.74) is 0.462. The highest BCUT2D eigenvalue weighted by Gasteiger charge is 2.14. The van der Waals surface area contributed by atoms with Crippen molar-refractivity contribution in [2.24, 2.45) is 0 Å². The van der Waals surface area contributed by atoms with Gasteiger partial charge in [-0.3, -0.25) is 4.79 Å². The number of rotatable bonds is 7. The first kappa shape index (κ1) is 20.3. The molecule has 0 unspecified atom stereocenters. The minimum atomic E-state index is -3.56. The summed E-state index contributed by atoms with van der Waals surface area (Å²) < 4.78 is 26.7. The number of anilines is 1. The Morgan fingerprint density at radius 2 is 1.68 bits per heavy atom. The van der Waals surface area contributed by atoms with E-state index in [1.807, 2.05) is 6.07 Å². The van der Waals surface area contributed by atoms with Gasteiger partial charge in [0.2, 0.25) is 10.0 Å². The van der Waals surface area contributed by atoms with Crippen molar-refractivity contribution in [2.45, 2.75) is 30.6 Å². The van der Waals surface area contributed by atoms with Gasteiger partial charge >= 0.3 is 0 Å². The molecule has 2 aromatic rings. The first-order valence-electron chi connectivity index (χ1n) is 9.60. The molecule has 1 amide bonds. The molecule has 1 saturated heterocycles. The molecule has 0 bridgehead atoms. The number of nitrogens with one attached hydrogen (secondary N) is 2. The Morgan fingerprint density at radius 3 is 2.32 bits per heavy atom. The van der Waals surface area contributed by atoms with Gasteiger partial charge in [-0.25, -0.2) is 18.1 Å². The summed E-state index contributed by atoms with van der Waals surface area (Å²) >= 11 is 0. The van der Waals surface area contributed by atoms with E-state index < -0.39 is 10.0 Å². The third kappa shape index (κ3) is 5.53. The Kier molecular flexibility index (Phi) is 7.00. The zero-order valence-electron chi connectivity index (χ0n) is 15.8. The van der Waals surface area contributed by atoms with Crippen LogP contribution in [0.15, 0.2) is 53.6 Å². The summed E-state index contributed by atoms with van der Waals surface area (Å²) in [4.78, 5) is 19.1. The molecule has 7 nitrogen and oxygen atoms in total. The molecule has 0 radical (unpaired) electrons. The molecule has 1 aliphatic rings. The number of pyridine rings is 1. The van der Waals surface area contributed by atoms with E-state index in [9.17, 15) is 13.2 Å². The SMILES string of the molecule is O=C(NCCNS(=O)(=O)c1ccccc1)c1ccc(N2CCCCCC2)nc1. The monoisotopic (exact) mass is 402 g/mol. The van der Waals surface area contributed by atoms with Crippen LogP contribution in [0.1, 0.15) is 36.0 Å². The van der Waals surface area contributed by atoms with Crippen LogP contribution in [-0.2, 0) is 10.0 Å². The molecule has 2 heterocycles. The number of benzene rings is 1. The van der Waals surface area contributed by atoms with Crippen LogP contribution >= 0.6 is 0 Å². The first-order chi connectivity index (χ1) is 13.6. The van der Waals surface area contributed by atoms with E-state index in [1.165, 1.54) is 37.8 Å². The lowest BCUT2D eigenvalue weighted by atomic mass is 10.2. The number of carbonyl (C=O) groups excluding carboxylic acids is 1. The lowest BCUT2D eigenvalue weighted by Crippen LogP contribution is -2.34. The number of aromatic nitrogens is 1. The number of sulfonamides is 1. The van der Waals surface area contributed by atoms with E-state index in [-0.39, 0.29) is 23.9 Å². The molecule has 1 fully saturated rings. The van der Waals surface area contributed by atoms with Crippen LogP contribution in [0.3, 0.4) is 0 Å². The van der Waals surface area contributed by atoms with Gasteiger partial charge in [0.05, 0.1) is 10.5 Å². The third-order valence-corrected chi connectivity index (χ3v) is 6.17. The average Bonchev–Trinajstić information content (AvgIpc) is 3.01. The van der Waals surface area contributed by atoms with E-state index in [4.69, 9.17) is 0 Å². The number of nitrogens with zero attached hydrogens (tertiary/aromatic N) is 2. The zero-order valence-corrected chi connectivity index (χ0v) is 16.6. The lowest BCUT2D eigenvalue weighted by molar-refractivity contribution is 0.0954. The van der Waals surface area contributed by atoms with Gasteiger partial charge in [-0.1, -0.05) is 31.0 Å². The molecular weight excluding hydrogens is 376 g/mol. The van der Waals surface area contributed by atoms with Crippen molar-refractivity contribution in [1.29, 1.82) is 0 Å². The topological polar surface area (TPSA) is 91.4 Å². The van der Waals surface area contributed by atoms with E-state index >= 15 is 0 Å². The van der Waals surface area contributed by atoms with Crippen molar-refractivity contribution < 1.29 is 13.2 Å². The number of carbonyl (C=O) groups is 1. The largest absolute Gasteiger partial charge is 0.357 e. The molecule has 0 saturated carbocycles. The molecule has 28 heavy (non-hydrogen) atoms. The summed E-state index contributed by atoms with van der Waals surface area (Å²) in [6, 6.07) is 11.8. The van der Waals surface area contributed by atoms with Crippen LogP contribution in [0.4, 0.5) is 5.82 Å². The predicted molar refractivity (Wildman–Crippen MR) is 109 cm³/mol. The highest BCUT2D eigenvalue weighted by Crippen LogP contribution is 2.17. The second kappa shape index (κ2) is 9.66. The van der Waals surface area contributed by atoms with Crippen LogP contribution in [0.25, 0.3) is 0 Å². The summed E-state index contributed by atoms with van der Waals surface area (Å²) in [5, 5.41) is 2.71. The van der Waals surface area contributed by atoms with Gasteiger partial charge in [-0.15, -0.1) is 0 Å².